The van der Waals surface area contributed by atoms with Crippen LogP contribution < -0.4 is 20.7 Å². The lowest BCUT2D eigenvalue weighted by atomic mass is 9.92. The maximum Gasteiger partial charge on any atom is 0.322 e. The molecule has 1 aliphatic rings. The Morgan fingerprint density at radius 1 is 1.14 bits per heavy atom. The van der Waals surface area contributed by atoms with Gasteiger partial charge in [0.1, 0.15) is 11.3 Å². The van der Waals surface area contributed by atoms with Gasteiger partial charge in [-0.15, -0.1) is 0 Å². The lowest BCUT2D eigenvalue weighted by Crippen LogP contribution is -2.43. The summed E-state index contributed by atoms with van der Waals surface area (Å²) in [7, 11) is 0. The number of urea groups is 1. The Morgan fingerprint density at radius 2 is 1.82 bits per heavy atom. The number of benzene rings is 2. The number of carbonyl (C=O) groups excluding carboxylic acids is 3. The average molecular weight is 402 g/mol. The lowest BCUT2D eigenvalue weighted by molar-refractivity contribution is -0.128. The fraction of sp³-hybridized carbons (Fsp3) is 0.250. The Morgan fingerprint density at radius 3 is 2.43 bits per heavy atom. The second kappa shape index (κ2) is 7.16. The van der Waals surface area contributed by atoms with Gasteiger partial charge in [-0.05, 0) is 62.7 Å². The van der Waals surface area contributed by atoms with Gasteiger partial charge in [0.25, 0.3) is 11.8 Å². The van der Waals surface area contributed by atoms with Crippen LogP contribution >= 0.6 is 11.6 Å². The number of imide groups is 1. The molecule has 0 bridgehead atoms. The first-order chi connectivity index (χ1) is 13.1. The molecule has 2 aromatic rings. The maximum absolute atomic E-state index is 12.7. The van der Waals surface area contributed by atoms with Crippen LogP contribution in [0.25, 0.3) is 0 Å². The van der Waals surface area contributed by atoms with Crippen LogP contribution in [0.2, 0.25) is 5.02 Å². The van der Waals surface area contributed by atoms with E-state index in [1.54, 1.807) is 69.3 Å². The van der Waals surface area contributed by atoms with E-state index in [9.17, 15) is 14.4 Å². The molecule has 146 valence electrons. The SMILES string of the molecule is CC(C)(Oc1ccc(Cl)cc1)C(=O)Nc1cccc([C@@]2(C)NC(=O)NC2=O)c1. The Labute approximate surface area is 167 Å². The molecule has 0 unspecified atom stereocenters. The number of nitrogens with one attached hydrogen (secondary N) is 3. The van der Waals surface area contributed by atoms with Gasteiger partial charge in [0, 0.05) is 10.7 Å². The summed E-state index contributed by atoms with van der Waals surface area (Å²) in [5.41, 5.74) is -1.34. The Kier molecular flexibility index (Phi) is 5.04. The lowest BCUT2D eigenvalue weighted by Gasteiger charge is -2.26. The van der Waals surface area contributed by atoms with Gasteiger partial charge >= 0.3 is 6.03 Å². The topological polar surface area (TPSA) is 96.5 Å². The molecule has 0 radical (unpaired) electrons. The summed E-state index contributed by atoms with van der Waals surface area (Å²) >= 11 is 5.86. The average Bonchev–Trinajstić information content (AvgIpc) is 2.90. The summed E-state index contributed by atoms with van der Waals surface area (Å²) in [5.74, 6) is -0.312. The summed E-state index contributed by atoms with van der Waals surface area (Å²) < 4.78 is 5.78. The smallest absolute Gasteiger partial charge is 0.322 e. The third kappa shape index (κ3) is 3.94. The molecule has 1 atom stereocenters. The van der Waals surface area contributed by atoms with Gasteiger partial charge in [-0.3, -0.25) is 14.9 Å². The number of carbonyl (C=O) groups is 3. The van der Waals surface area contributed by atoms with Gasteiger partial charge in [0.15, 0.2) is 5.60 Å². The second-order valence-corrected chi connectivity index (χ2v) is 7.57. The van der Waals surface area contributed by atoms with Gasteiger partial charge in [-0.1, -0.05) is 23.7 Å². The molecule has 28 heavy (non-hydrogen) atoms. The Balaban J connectivity index is 1.76. The van der Waals surface area contributed by atoms with Crippen molar-refractivity contribution < 1.29 is 19.1 Å². The number of amides is 4. The van der Waals surface area contributed by atoms with Crippen molar-refractivity contribution >= 4 is 35.1 Å². The predicted octanol–water partition coefficient (Wildman–Crippen LogP) is 3.19. The highest BCUT2D eigenvalue weighted by Crippen LogP contribution is 2.27. The highest BCUT2D eigenvalue weighted by atomic mass is 35.5. The number of anilines is 1. The zero-order chi connectivity index (χ0) is 20.5. The van der Waals surface area contributed by atoms with E-state index >= 15 is 0 Å². The quantitative estimate of drug-likeness (QED) is 0.670. The maximum atomic E-state index is 12.7. The fourth-order valence-corrected chi connectivity index (χ4v) is 2.91. The molecule has 3 N–H and O–H groups in total. The number of hydrogen-bond donors (Lipinski definition) is 3. The highest BCUT2D eigenvalue weighted by molar-refractivity contribution is 6.30. The molecule has 7 nitrogen and oxygen atoms in total. The Hall–Kier alpha value is -3.06. The van der Waals surface area contributed by atoms with E-state index in [0.29, 0.717) is 22.0 Å². The molecule has 0 saturated carbocycles. The summed E-state index contributed by atoms with van der Waals surface area (Å²) in [5, 5.41) is 8.17. The van der Waals surface area contributed by atoms with Crippen molar-refractivity contribution in [3.63, 3.8) is 0 Å². The van der Waals surface area contributed by atoms with Crippen LogP contribution in [0.3, 0.4) is 0 Å². The molecule has 8 heteroatoms. The Bertz CT molecular complexity index is 943. The monoisotopic (exact) mass is 401 g/mol. The van der Waals surface area contributed by atoms with Crippen molar-refractivity contribution in [2.45, 2.75) is 31.9 Å². The van der Waals surface area contributed by atoms with Gasteiger partial charge in [-0.2, -0.15) is 0 Å². The summed E-state index contributed by atoms with van der Waals surface area (Å²) in [4.78, 5) is 36.3. The van der Waals surface area contributed by atoms with Gasteiger partial charge in [0.2, 0.25) is 0 Å². The minimum Gasteiger partial charge on any atom is -0.478 e. The van der Waals surface area contributed by atoms with Crippen molar-refractivity contribution in [2.24, 2.45) is 0 Å². The molecule has 0 aliphatic carbocycles. The first kappa shape index (κ1) is 19.7. The molecule has 1 fully saturated rings. The number of halogens is 1. The van der Waals surface area contributed by atoms with E-state index in [2.05, 4.69) is 16.0 Å². The summed E-state index contributed by atoms with van der Waals surface area (Å²) in [6.07, 6.45) is 0. The van der Waals surface area contributed by atoms with Crippen LogP contribution in [0.5, 0.6) is 5.75 Å². The second-order valence-electron chi connectivity index (χ2n) is 7.13. The van der Waals surface area contributed by atoms with Crippen molar-refractivity contribution in [1.82, 2.24) is 10.6 Å². The molecule has 4 amide bonds. The molecular weight excluding hydrogens is 382 g/mol. The third-order valence-corrected chi connectivity index (χ3v) is 4.73. The van der Waals surface area contributed by atoms with E-state index in [4.69, 9.17) is 16.3 Å². The number of rotatable bonds is 5. The van der Waals surface area contributed by atoms with Crippen LogP contribution in [0, 0.1) is 0 Å². The van der Waals surface area contributed by atoms with Gasteiger partial charge in [0.05, 0.1) is 0 Å². The molecule has 1 aliphatic heterocycles. The van der Waals surface area contributed by atoms with E-state index in [0.717, 1.165) is 0 Å². The molecule has 2 aromatic carbocycles. The van der Waals surface area contributed by atoms with E-state index in [-0.39, 0.29) is 5.91 Å². The van der Waals surface area contributed by atoms with Crippen LogP contribution in [0.4, 0.5) is 10.5 Å². The molecular formula is C20H20ClN3O4. The van der Waals surface area contributed by atoms with Crippen LogP contribution in [0.1, 0.15) is 26.3 Å². The van der Waals surface area contributed by atoms with Crippen molar-refractivity contribution in [3.8, 4) is 5.75 Å². The van der Waals surface area contributed by atoms with Crippen LogP contribution in [0.15, 0.2) is 48.5 Å². The highest BCUT2D eigenvalue weighted by Gasteiger charge is 2.43. The standard InChI is InChI=1S/C20H20ClN3O4/c1-19(2,28-15-9-7-13(21)8-10-15)16(25)22-14-6-4-5-12(11-14)20(3)17(26)23-18(27)24-20/h4-11H,1-3H3,(H,22,25)(H2,23,24,26,27)/t20-/m1/s1. The first-order valence-corrected chi connectivity index (χ1v) is 8.98. The largest absolute Gasteiger partial charge is 0.478 e. The van der Waals surface area contributed by atoms with Crippen molar-refractivity contribution in [2.75, 3.05) is 5.32 Å². The van der Waals surface area contributed by atoms with Crippen molar-refractivity contribution in [3.05, 3.63) is 59.1 Å². The first-order valence-electron chi connectivity index (χ1n) is 8.60. The summed E-state index contributed by atoms with van der Waals surface area (Å²) in [6, 6.07) is 12.9. The zero-order valence-corrected chi connectivity index (χ0v) is 16.4. The van der Waals surface area contributed by atoms with Crippen molar-refractivity contribution in [1.29, 1.82) is 0 Å². The third-order valence-electron chi connectivity index (χ3n) is 4.48. The van der Waals surface area contributed by atoms with Gasteiger partial charge in [-0.25, -0.2) is 4.79 Å². The molecule has 0 spiro atoms. The molecule has 0 aromatic heterocycles. The number of ether oxygens (including phenoxy) is 1. The summed E-state index contributed by atoms with van der Waals surface area (Å²) in [6.45, 7) is 4.89. The van der Waals surface area contributed by atoms with E-state index in [1.807, 2.05) is 0 Å². The van der Waals surface area contributed by atoms with Gasteiger partial charge < -0.3 is 15.4 Å². The molecule has 3 rings (SSSR count). The van der Waals surface area contributed by atoms with E-state index < -0.39 is 23.1 Å². The van der Waals surface area contributed by atoms with Crippen LogP contribution in [-0.2, 0) is 15.1 Å². The van der Waals surface area contributed by atoms with E-state index in [1.165, 1.54) is 0 Å². The van der Waals surface area contributed by atoms with Crippen LogP contribution in [-0.4, -0.2) is 23.4 Å². The number of hydrogen-bond acceptors (Lipinski definition) is 4. The molecule has 1 saturated heterocycles. The fourth-order valence-electron chi connectivity index (χ4n) is 2.78. The molecule has 1 heterocycles. The zero-order valence-electron chi connectivity index (χ0n) is 15.6. The minimum atomic E-state index is -1.20. The normalized spacial score (nSPS) is 19.0. The predicted molar refractivity (Wildman–Crippen MR) is 105 cm³/mol. The minimum absolute atomic E-state index is 0.371.